The van der Waals surface area contributed by atoms with E-state index in [1.165, 1.54) is 7.11 Å². The Hall–Kier alpha value is -1.33. The van der Waals surface area contributed by atoms with Gasteiger partial charge in [-0.1, -0.05) is 27.6 Å². The second-order valence-corrected chi connectivity index (χ2v) is 6.12. The third kappa shape index (κ3) is 3.14. The summed E-state index contributed by atoms with van der Waals surface area (Å²) in [5, 5.41) is 0. The van der Waals surface area contributed by atoms with Crippen LogP contribution in [0.2, 0.25) is 0 Å². The minimum atomic E-state index is -0.106. The van der Waals surface area contributed by atoms with Crippen LogP contribution in [0.15, 0.2) is 39.3 Å². The van der Waals surface area contributed by atoms with E-state index in [2.05, 4.69) is 31.9 Å². The molecule has 0 saturated heterocycles. The first kappa shape index (κ1) is 16.0. The summed E-state index contributed by atoms with van der Waals surface area (Å²) in [5.74, 6) is 0.977. The highest BCUT2D eigenvalue weighted by Crippen LogP contribution is 2.38. The van der Waals surface area contributed by atoms with E-state index < -0.39 is 0 Å². The zero-order chi connectivity index (χ0) is 15.6. The van der Waals surface area contributed by atoms with Crippen molar-refractivity contribution < 1.29 is 14.3 Å². The minimum Gasteiger partial charge on any atom is -0.495 e. The molecule has 0 atom stereocenters. The molecule has 21 heavy (non-hydrogen) atoms. The van der Waals surface area contributed by atoms with Gasteiger partial charge in [-0.3, -0.25) is 4.79 Å². The lowest BCUT2D eigenvalue weighted by Crippen LogP contribution is -2.06. The molecule has 0 radical (unpaired) electrons. The summed E-state index contributed by atoms with van der Waals surface area (Å²) < 4.78 is 12.0. The van der Waals surface area contributed by atoms with Crippen molar-refractivity contribution in [1.82, 2.24) is 0 Å². The molecular formula is C16H14Br2O3. The maximum atomic E-state index is 12.8. The molecule has 0 aliphatic rings. The Balaban J connectivity index is 2.58. The lowest BCUT2D eigenvalue weighted by atomic mass is 10.0. The van der Waals surface area contributed by atoms with Crippen LogP contribution in [0.25, 0.3) is 0 Å². The van der Waals surface area contributed by atoms with Crippen molar-refractivity contribution in [2.75, 3.05) is 14.2 Å². The molecule has 3 nitrogen and oxygen atoms in total. The van der Waals surface area contributed by atoms with Crippen LogP contribution in [0.3, 0.4) is 0 Å². The molecule has 0 N–H and O–H groups in total. The van der Waals surface area contributed by atoms with Crippen LogP contribution in [0.1, 0.15) is 21.5 Å². The molecule has 0 aliphatic heterocycles. The van der Waals surface area contributed by atoms with Crippen LogP contribution in [0.5, 0.6) is 11.5 Å². The van der Waals surface area contributed by atoms with Crippen molar-refractivity contribution >= 4 is 37.6 Å². The number of methoxy groups -OCH3 is 2. The maximum absolute atomic E-state index is 12.8. The zero-order valence-electron chi connectivity index (χ0n) is 11.9. The number of aryl methyl sites for hydroxylation is 1. The van der Waals surface area contributed by atoms with Gasteiger partial charge in [0.15, 0.2) is 5.78 Å². The highest BCUT2D eigenvalue weighted by Gasteiger charge is 2.21. The molecule has 0 amide bonds. The smallest absolute Gasteiger partial charge is 0.197 e. The van der Waals surface area contributed by atoms with Gasteiger partial charge in [0.25, 0.3) is 0 Å². The van der Waals surface area contributed by atoms with Crippen LogP contribution in [0.4, 0.5) is 0 Å². The summed E-state index contributed by atoms with van der Waals surface area (Å²) in [6.45, 7) is 1.95. The molecule has 0 spiro atoms. The second-order valence-electron chi connectivity index (χ2n) is 4.48. The van der Waals surface area contributed by atoms with Crippen LogP contribution < -0.4 is 9.47 Å². The fourth-order valence-electron chi connectivity index (χ4n) is 2.03. The van der Waals surface area contributed by atoms with Crippen LogP contribution in [-0.2, 0) is 0 Å². The van der Waals surface area contributed by atoms with E-state index in [1.54, 1.807) is 19.2 Å². The predicted molar refractivity (Wildman–Crippen MR) is 89.6 cm³/mol. The Morgan fingerprint density at radius 2 is 1.71 bits per heavy atom. The minimum absolute atomic E-state index is 0.106. The lowest BCUT2D eigenvalue weighted by Gasteiger charge is -2.13. The molecule has 2 rings (SSSR count). The van der Waals surface area contributed by atoms with Gasteiger partial charge in [0.1, 0.15) is 16.0 Å². The first-order chi connectivity index (χ1) is 9.99. The molecule has 110 valence electrons. The van der Waals surface area contributed by atoms with Gasteiger partial charge in [0.05, 0.1) is 19.8 Å². The van der Waals surface area contributed by atoms with Gasteiger partial charge in [-0.05, 0) is 47.1 Å². The Bertz CT molecular complexity index is 696. The van der Waals surface area contributed by atoms with E-state index in [0.717, 1.165) is 10.0 Å². The standard InChI is InChI=1S/C16H14Br2O3/c1-9-4-6-12(17)11(8-9)15(19)10-5-7-13(20-2)14(18)16(10)21-3/h4-8H,1-3H3. The van der Waals surface area contributed by atoms with E-state index in [1.807, 2.05) is 25.1 Å². The highest BCUT2D eigenvalue weighted by molar-refractivity contribution is 9.11. The van der Waals surface area contributed by atoms with Crippen molar-refractivity contribution in [3.63, 3.8) is 0 Å². The molecule has 2 aromatic carbocycles. The summed E-state index contributed by atoms with van der Waals surface area (Å²) in [7, 11) is 3.10. The monoisotopic (exact) mass is 412 g/mol. The fraction of sp³-hybridized carbons (Fsp3) is 0.188. The summed E-state index contributed by atoms with van der Waals surface area (Å²) in [6.07, 6.45) is 0. The van der Waals surface area contributed by atoms with E-state index in [-0.39, 0.29) is 5.78 Å². The van der Waals surface area contributed by atoms with Gasteiger partial charge < -0.3 is 9.47 Å². The molecule has 0 heterocycles. The number of hydrogen-bond acceptors (Lipinski definition) is 3. The average Bonchev–Trinajstić information content (AvgIpc) is 2.48. The molecular weight excluding hydrogens is 400 g/mol. The van der Waals surface area contributed by atoms with Gasteiger partial charge in [0.2, 0.25) is 0 Å². The number of carbonyl (C=O) groups is 1. The fourth-order valence-corrected chi connectivity index (χ4v) is 3.13. The number of rotatable bonds is 4. The average molecular weight is 414 g/mol. The Morgan fingerprint density at radius 3 is 2.33 bits per heavy atom. The van der Waals surface area contributed by atoms with Gasteiger partial charge in [-0.15, -0.1) is 0 Å². The predicted octanol–water partition coefficient (Wildman–Crippen LogP) is 4.77. The lowest BCUT2D eigenvalue weighted by molar-refractivity contribution is 0.103. The molecule has 0 unspecified atom stereocenters. The SMILES string of the molecule is COc1ccc(C(=O)c2cc(C)ccc2Br)c(OC)c1Br. The van der Waals surface area contributed by atoms with Gasteiger partial charge >= 0.3 is 0 Å². The zero-order valence-corrected chi connectivity index (χ0v) is 15.0. The topological polar surface area (TPSA) is 35.5 Å². The Morgan fingerprint density at radius 1 is 1.00 bits per heavy atom. The third-order valence-electron chi connectivity index (χ3n) is 3.10. The number of ether oxygens (including phenoxy) is 2. The second kappa shape index (κ2) is 6.62. The molecule has 0 aliphatic carbocycles. The van der Waals surface area contributed by atoms with Crippen LogP contribution in [-0.4, -0.2) is 20.0 Å². The molecule has 0 saturated carbocycles. The van der Waals surface area contributed by atoms with Crippen molar-refractivity contribution in [1.29, 1.82) is 0 Å². The molecule has 5 heteroatoms. The number of ketones is 1. The van der Waals surface area contributed by atoms with Crippen LogP contribution in [0, 0.1) is 6.92 Å². The van der Waals surface area contributed by atoms with Crippen molar-refractivity contribution in [3.8, 4) is 11.5 Å². The third-order valence-corrected chi connectivity index (χ3v) is 4.54. The molecule has 2 aromatic rings. The van der Waals surface area contributed by atoms with Gasteiger partial charge in [0, 0.05) is 10.0 Å². The summed E-state index contributed by atoms with van der Waals surface area (Å²) >= 11 is 6.84. The van der Waals surface area contributed by atoms with E-state index in [4.69, 9.17) is 9.47 Å². The van der Waals surface area contributed by atoms with E-state index in [9.17, 15) is 4.79 Å². The highest BCUT2D eigenvalue weighted by atomic mass is 79.9. The van der Waals surface area contributed by atoms with Gasteiger partial charge in [-0.25, -0.2) is 0 Å². The normalized spacial score (nSPS) is 10.3. The number of carbonyl (C=O) groups excluding carboxylic acids is 1. The largest absolute Gasteiger partial charge is 0.495 e. The molecule has 0 fully saturated rings. The number of hydrogen-bond donors (Lipinski definition) is 0. The quantitative estimate of drug-likeness (QED) is 0.677. The van der Waals surface area contributed by atoms with E-state index >= 15 is 0 Å². The molecule has 0 bridgehead atoms. The van der Waals surface area contributed by atoms with Crippen LogP contribution >= 0.6 is 31.9 Å². The van der Waals surface area contributed by atoms with Crippen molar-refractivity contribution in [3.05, 3.63) is 56.0 Å². The Kier molecular flexibility index (Phi) is 5.06. The summed E-state index contributed by atoms with van der Waals surface area (Å²) in [5.41, 5.74) is 2.11. The summed E-state index contributed by atoms with van der Waals surface area (Å²) in [6, 6.07) is 9.11. The van der Waals surface area contributed by atoms with Gasteiger partial charge in [-0.2, -0.15) is 0 Å². The first-order valence-electron chi connectivity index (χ1n) is 6.21. The van der Waals surface area contributed by atoms with Crippen molar-refractivity contribution in [2.45, 2.75) is 6.92 Å². The van der Waals surface area contributed by atoms with E-state index in [0.29, 0.717) is 27.1 Å². The molecule has 0 aromatic heterocycles. The van der Waals surface area contributed by atoms with Crippen molar-refractivity contribution in [2.24, 2.45) is 0 Å². The number of halogens is 2. The first-order valence-corrected chi connectivity index (χ1v) is 7.79. The summed E-state index contributed by atoms with van der Waals surface area (Å²) in [4.78, 5) is 12.8. The number of benzene rings is 2. The maximum Gasteiger partial charge on any atom is 0.197 e. The Labute approximate surface area is 140 Å².